The third kappa shape index (κ3) is 2.23. The number of aryl methyl sites for hydroxylation is 1. The zero-order valence-electron chi connectivity index (χ0n) is 9.09. The van der Waals surface area contributed by atoms with Crippen LogP contribution in [0.25, 0.3) is 0 Å². The second-order valence-electron chi connectivity index (χ2n) is 4.17. The largest absolute Gasteiger partial charge is 0.477 e. The van der Waals surface area contributed by atoms with Gasteiger partial charge in [-0.1, -0.05) is 20.8 Å². The van der Waals surface area contributed by atoms with Gasteiger partial charge in [-0.3, -0.25) is 4.68 Å². The lowest BCUT2D eigenvalue weighted by Gasteiger charge is -2.17. The molecule has 0 saturated heterocycles. The Morgan fingerprint density at radius 3 is 2.46 bits per heavy atom. The van der Waals surface area contributed by atoms with Gasteiger partial charge in [-0.15, -0.1) is 5.10 Å². The molecule has 1 aromatic rings. The van der Waals surface area contributed by atoms with Gasteiger partial charge in [-0.2, -0.15) is 0 Å². The molecule has 0 aromatic carbocycles. The zero-order valence-corrected chi connectivity index (χ0v) is 9.09. The lowest BCUT2D eigenvalue weighted by molar-refractivity contribution is 0.323. The lowest BCUT2D eigenvalue weighted by atomic mass is 9.92. The van der Waals surface area contributed by atoms with Crippen molar-refractivity contribution in [3.63, 3.8) is 0 Å². The first-order valence-electron chi connectivity index (χ1n) is 4.62. The molecule has 3 heteroatoms. The van der Waals surface area contributed by atoms with E-state index in [1.807, 2.05) is 24.7 Å². The maximum Gasteiger partial charge on any atom is 0.232 e. The van der Waals surface area contributed by atoms with Crippen LogP contribution in [0.1, 0.15) is 33.4 Å². The van der Waals surface area contributed by atoms with Crippen molar-refractivity contribution in [2.75, 3.05) is 6.61 Å². The molecule has 0 fully saturated rings. The van der Waals surface area contributed by atoms with Crippen LogP contribution in [-0.4, -0.2) is 16.4 Å². The van der Waals surface area contributed by atoms with Gasteiger partial charge in [0.15, 0.2) is 0 Å². The van der Waals surface area contributed by atoms with Crippen molar-refractivity contribution >= 4 is 0 Å². The van der Waals surface area contributed by atoms with E-state index >= 15 is 0 Å². The van der Waals surface area contributed by atoms with Crippen LogP contribution >= 0.6 is 0 Å². The number of ether oxygens (including phenoxy) is 1. The van der Waals surface area contributed by atoms with E-state index in [4.69, 9.17) is 4.74 Å². The van der Waals surface area contributed by atoms with Crippen LogP contribution in [0.3, 0.4) is 0 Å². The SMILES string of the molecule is CCOc1cc(C(C)(C)C)n(C)n1. The predicted octanol–water partition coefficient (Wildman–Crippen LogP) is 2.12. The number of rotatable bonds is 2. The fourth-order valence-corrected chi connectivity index (χ4v) is 1.36. The first kappa shape index (κ1) is 10.1. The minimum atomic E-state index is 0.122. The van der Waals surface area contributed by atoms with E-state index < -0.39 is 0 Å². The molecule has 0 radical (unpaired) electrons. The number of hydrogen-bond acceptors (Lipinski definition) is 2. The molecule has 0 aliphatic rings. The monoisotopic (exact) mass is 182 g/mol. The Morgan fingerprint density at radius 1 is 1.46 bits per heavy atom. The van der Waals surface area contributed by atoms with E-state index in [9.17, 15) is 0 Å². The van der Waals surface area contributed by atoms with Crippen molar-refractivity contribution in [2.24, 2.45) is 7.05 Å². The standard InChI is InChI=1S/C10H18N2O/c1-6-13-9-7-8(10(2,3)4)12(5)11-9/h7H,6H2,1-5H3. The van der Waals surface area contributed by atoms with Gasteiger partial charge in [0.1, 0.15) is 0 Å². The summed E-state index contributed by atoms with van der Waals surface area (Å²) in [6.07, 6.45) is 0. The number of nitrogens with zero attached hydrogens (tertiary/aromatic N) is 2. The van der Waals surface area contributed by atoms with Gasteiger partial charge in [0, 0.05) is 24.2 Å². The molecule has 0 unspecified atom stereocenters. The molecule has 0 bridgehead atoms. The van der Waals surface area contributed by atoms with Crippen molar-refractivity contribution < 1.29 is 4.74 Å². The molecule has 0 spiro atoms. The summed E-state index contributed by atoms with van der Waals surface area (Å²) in [6, 6.07) is 2.00. The summed E-state index contributed by atoms with van der Waals surface area (Å²) in [5, 5.41) is 4.26. The average molecular weight is 182 g/mol. The highest BCUT2D eigenvalue weighted by atomic mass is 16.5. The molecular weight excluding hydrogens is 164 g/mol. The highest BCUT2D eigenvalue weighted by Gasteiger charge is 2.19. The third-order valence-corrected chi connectivity index (χ3v) is 1.92. The maximum absolute atomic E-state index is 5.33. The predicted molar refractivity (Wildman–Crippen MR) is 53.1 cm³/mol. The van der Waals surface area contributed by atoms with Crippen LogP contribution in [0.4, 0.5) is 0 Å². The van der Waals surface area contributed by atoms with Crippen LogP contribution in [-0.2, 0) is 12.5 Å². The molecule has 0 N–H and O–H groups in total. The fraction of sp³-hybridized carbons (Fsp3) is 0.700. The third-order valence-electron chi connectivity index (χ3n) is 1.92. The van der Waals surface area contributed by atoms with E-state index in [0.29, 0.717) is 6.61 Å². The van der Waals surface area contributed by atoms with Gasteiger partial charge in [-0.05, 0) is 6.92 Å². The van der Waals surface area contributed by atoms with Crippen molar-refractivity contribution in [1.82, 2.24) is 9.78 Å². The molecule has 0 aliphatic heterocycles. The second-order valence-corrected chi connectivity index (χ2v) is 4.17. The van der Waals surface area contributed by atoms with Gasteiger partial charge in [-0.25, -0.2) is 0 Å². The summed E-state index contributed by atoms with van der Waals surface area (Å²) >= 11 is 0. The van der Waals surface area contributed by atoms with Crippen molar-refractivity contribution in [2.45, 2.75) is 33.1 Å². The summed E-state index contributed by atoms with van der Waals surface area (Å²) in [4.78, 5) is 0. The van der Waals surface area contributed by atoms with Gasteiger partial charge < -0.3 is 4.74 Å². The molecule has 0 aliphatic carbocycles. The Hall–Kier alpha value is -0.990. The number of hydrogen-bond donors (Lipinski definition) is 0. The van der Waals surface area contributed by atoms with Gasteiger partial charge in [0.2, 0.25) is 5.88 Å². The summed E-state index contributed by atoms with van der Waals surface area (Å²) in [5.41, 5.74) is 1.31. The zero-order chi connectivity index (χ0) is 10.1. The van der Waals surface area contributed by atoms with Gasteiger partial charge in [0.25, 0.3) is 0 Å². The van der Waals surface area contributed by atoms with Crippen LogP contribution in [0, 0.1) is 0 Å². The summed E-state index contributed by atoms with van der Waals surface area (Å²) in [5.74, 6) is 0.718. The summed E-state index contributed by atoms with van der Waals surface area (Å²) in [7, 11) is 1.95. The minimum absolute atomic E-state index is 0.122. The van der Waals surface area contributed by atoms with Crippen molar-refractivity contribution in [3.05, 3.63) is 11.8 Å². The molecule has 1 heterocycles. The van der Waals surface area contributed by atoms with E-state index in [1.54, 1.807) is 0 Å². The Bertz CT molecular complexity index is 284. The fourth-order valence-electron chi connectivity index (χ4n) is 1.36. The Kier molecular flexibility index (Phi) is 2.64. The summed E-state index contributed by atoms with van der Waals surface area (Å²) < 4.78 is 7.21. The first-order valence-corrected chi connectivity index (χ1v) is 4.62. The highest BCUT2D eigenvalue weighted by Crippen LogP contribution is 2.24. The Balaban J connectivity index is 2.96. The Morgan fingerprint density at radius 2 is 2.08 bits per heavy atom. The lowest BCUT2D eigenvalue weighted by Crippen LogP contribution is -2.16. The molecule has 0 amide bonds. The minimum Gasteiger partial charge on any atom is -0.477 e. The maximum atomic E-state index is 5.33. The van der Waals surface area contributed by atoms with E-state index in [0.717, 1.165) is 5.88 Å². The van der Waals surface area contributed by atoms with Crippen LogP contribution < -0.4 is 4.74 Å². The highest BCUT2D eigenvalue weighted by molar-refractivity contribution is 5.21. The first-order chi connectivity index (χ1) is 5.95. The topological polar surface area (TPSA) is 27.1 Å². The molecule has 1 aromatic heterocycles. The molecule has 13 heavy (non-hydrogen) atoms. The van der Waals surface area contributed by atoms with Crippen LogP contribution in [0.5, 0.6) is 5.88 Å². The molecule has 3 nitrogen and oxygen atoms in total. The van der Waals surface area contributed by atoms with E-state index in [1.165, 1.54) is 5.69 Å². The molecule has 0 atom stereocenters. The van der Waals surface area contributed by atoms with Crippen molar-refractivity contribution in [3.8, 4) is 5.88 Å². The molecule has 74 valence electrons. The second kappa shape index (κ2) is 3.40. The van der Waals surface area contributed by atoms with E-state index in [2.05, 4.69) is 25.9 Å². The van der Waals surface area contributed by atoms with Gasteiger partial charge >= 0.3 is 0 Å². The quantitative estimate of drug-likeness (QED) is 0.700. The van der Waals surface area contributed by atoms with E-state index in [-0.39, 0.29) is 5.41 Å². The van der Waals surface area contributed by atoms with Crippen molar-refractivity contribution in [1.29, 1.82) is 0 Å². The smallest absolute Gasteiger partial charge is 0.232 e. The average Bonchev–Trinajstić information content (AvgIpc) is 2.30. The van der Waals surface area contributed by atoms with Crippen LogP contribution in [0.2, 0.25) is 0 Å². The normalized spacial score (nSPS) is 11.8. The molecule has 1 rings (SSSR count). The number of aromatic nitrogens is 2. The molecule has 0 saturated carbocycles. The van der Waals surface area contributed by atoms with Crippen LogP contribution in [0.15, 0.2) is 6.07 Å². The van der Waals surface area contributed by atoms with Gasteiger partial charge in [0.05, 0.1) is 6.61 Å². The summed E-state index contributed by atoms with van der Waals surface area (Å²) in [6.45, 7) is 9.13. The molecular formula is C10H18N2O. The Labute approximate surface area is 79.7 Å².